The number of hydrogen-bond acceptors (Lipinski definition) is 3. The van der Waals surface area contributed by atoms with Gasteiger partial charge in [0.2, 0.25) is 0 Å². The van der Waals surface area contributed by atoms with Crippen molar-refractivity contribution in [3.63, 3.8) is 0 Å². The molecule has 94 valence electrons. The van der Waals surface area contributed by atoms with Gasteiger partial charge in [0.1, 0.15) is 0 Å². The third kappa shape index (κ3) is 2.49. The largest absolute Gasteiger partial charge is 0.461 e. The molecule has 1 aromatic rings. The van der Waals surface area contributed by atoms with Crippen molar-refractivity contribution in [1.29, 1.82) is 0 Å². The molecule has 0 heterocycles. The van der Waals surface area contributed by atoms with Gasteiger partial charge in [-0.25, -0.2) is 4.79 Å². The number of carbonyl (C=O) groups is 1. The molecule has 6 heteroatoms. The predicted molar refractivity (Wildman–Crippen MR) is 61.1 cm³/mol. The van der Waals surface area contributed by atoms with Gasteiger partial charge in [-0.1, -0.05) is 11.6 Å². The lowest BCUT2D eigenvalue weighted by Crippen LogP contribution is -2.29. The normalized spacial score (nSPS) is 11.4. The second kappa shape index (κ2) is 4.87. The molecule has 0 saturated heterocycles. The van der Waals surface area contributed by atoms with Crippen LogP contribution >= 0.6 is 11.6 Å². The van der Waals surface area contributed by atoms with Gasteiger partial charge < -0.3 is 10.5 Å². The van der Waals surface area contributed by atoms with E-state index in [0.717, 1.165) is 6.07 Å². The molecule has 0 unspecified atom stereocenters. The Morgan fingerprint density at radius 3 is 2.65 bits per heavy atom. The number of esters is 1. The maximum absolute atomic E-state index is 13.7. The maximum Gasteiger partial charge on any atom is 0.382 e. The number of alkyl halides is 2. The zero-order chi connectivity index (χ0) is 13.2. The number of benzene rings is 1. The van der Waals surface area contributed by atoms with E-state index >= 15 is 0 Å². The van der Waals surface area contributed by atoms with Gasteiger partial charge in [-0.3, -0.25) is 0 Å². The summed E-state index contributed by atoms with van der Waals surface area (Å²) in [6.07, 6.45) is 0. The predicted octanol–water partition coefficient (Wildman–Crippen LogP) is 2.89. The van der Waals surface area contributed by atoms with Crippen LogP contribution in [0.4, 0.5) is 14.5 Å². The van der Waals surface area contributed by atoms with Crippen LogP contribution in [-0.2, 0) is 15.5 Å². The van der Waals surface area contributed by atoms with Crippen LogP contribution < -0.4 is 5.73 Å². The molecular formula is C11H12ClF2NO2. The lowest BCUT2D eigenvalue weighted by molar-refractivity contribution is -0.173. The second-order valence-electron chi connectivity index (χ2n) is 3.43. The Labute approximate surface area is 103 Å². The zero-order valence-electron chi connectivity index (χ0n) is 9.39. The number of rotatable bonds is 3. The molecule has 0 bridgehead atoms. The molecule has 0 aliphatic carbocycles. The standard InChI is InChI=1S/C11H12ClF2NO2/c1-3-17-10(16)11(13,14)7-4-5-8(12)6(2)9(7)15/h4-5H,3,15H2,1-2H3. The van der Waals surface area contributed by atoms with Crippen molar-refractivity contribution in [1.82, 2.24) is 0 Å². The molecule has 0 aliphatic rings. The summed E-state index contributed by atoms with van der Waals surface area (Å²) in [5, 5.41) is 0.269. The highest BCUT2D eigenvalue weighted by molar-refractivity contribution is 6.31. The lowest BCUT2D eigenvalue weighted by atomic mass is 10.0. The van der Waals surface area contributed by atoms with Crippen LogP contribution in [0.1, 0.15) is 18.1 Å². The van der Waals surface area contributed by atoms with Gasteiger partial charge in [0.05, 0.1) is 12.2 Å². The van der Waals surface area contributed by atoms with Gasteiger partial charge in [-0.05, 0) is 31.5 Å². The van der Waals surface area contributed by atoms with Crippen LogP contribution in [0.3, 0.4) is 0 Å². The first-order valence-corrected chi connectivity index (χ1v) is 5.30. The summed E-state index contributed by atoms with van der Waals surface area (Å²) >= 11 is 5.74. The van der Waals surface area contributed by atoms with Gasteiger partial charge in [0.15, 0.2) is 0 Å². The molecule has 0 fully saturated rings. The van der Waals surface area contributed by atoms with Crippen LogP contribution in [0.25, 0.3) is 0 Å². The van der Waals surface area contributed by atoms with Crippen molar-refractivity contribution in [2.24, 2.45) is 0 Å². The minimum absolute atomic E-state index is 0.124. The van der Waals surface area contributed by atoms with Crippen LogP contribution in [0.15, 0.2) is 12.1 Å². The van der Waals surface area contributed by atoms with Gasteiger partial charge in [-0.15, -0.1) is 0 Å². The van der Waals surface area contributed by atoms with E-state index in [0.29, 0.717) is 5.56 Å². The summed E-state index contributed by atoms with van der Waals surface area (Å²) in [4.78, 5) is 11.2. The summed E-state index contributed by atoms with van der Waals surface area (Å²) in [5.41, 5.74) is 5.06. The molecule has 0 amide bonds. The van der Waals surface area contributed by atoms with Crippen LogP contribution in [0, 0.1) is 6.92 Å². The van der Waals surface area contributed by atoms with Crippen LogP contribution in [-0.4, -0.2) is 12.6 Å². The molecule has 0 spiro atoms. The summed E-state index contributed by atoms with van der Waals surface area (Å²) in [6, 6.07) is 2.30. The minimum Gasteiger partial charge on any atom is -0.461 e. The number of halogens is 3. The topological polar surface area (TPSA) is 52.3 Å². The van der Waals surface area contributed by atoms with Crippen molar-refractivity contribution in [2.45, 2.75) is 19.8 Å². The summed E-state index contributed by atoms with van der Waals surface area (Å²) in [6.45, 7) is 2.83. The highest BCUT2D eigenvalue weighted by Gasteiger charge is 2.44. The van der Waals surface area contributed by atoms with E-state index < -0.39 is 17.5 Å². The molecule has 1 aromatic carbocycles. The Kier molecular flexibility index (Phi) is 3.93. The Balaban J connectivity index is 3.24. The smallest absolute Gasteiger partial charge is 0.382 e. The van der Waals surface area contributed by atoms with E-state index in [4.69, 9.17) is 17.3 Å². The third-order valence-electron chi connectivity index (χ3n) is 2.32. The highest BCUT2D eigenvalue weighted by Crippen LogP contribution is 2.37. The lowest BCUT2D eigenvalue weighted by Gasteiger charge is -2.18. The van der Waals surface area contributed by atoms with Gasteiger partial charge in [0, 0.05) is 10.7 Å². The van der Waals surface area contributed by atoms with Crippen molar-refractivity contribution in [3.8, 4) is 0 Å². The maximum atomic E-state index is 13.7. The van der Waals surface area contributed by atoms with Crippen LogP contribution in [0.5, 0.6) is 0 Å². The zero-order valence-corrected chi connectivity index (χ0v) is 10.1. The number of nitrogens with two attached hydrogens (primary N) is 1. The average molecular weight is 264 g/mol. The van der Waals surface area contributed by atoms with E-state index in [-0.39, 0.29) is 17.3 Å². The summed E-state index contributed by atoms with van der Waals surface area (Å²) in [5.74, 6) is -5.39. The van der Waals surface area contributed by atoms with Crippen LogP contribution in [0.2, 0.25) is 5.02 Å². The van der Waals surface area contributed by atoms with E-state index in [1.165, 1.54) is 19.9 Å². The van der Waals surface area contributed by atoms with Gasteiger partial charge in [0.25, 0.3) is 0 Å². The highest BCUT2D eigenvalue weighted by atomic mass is 35.5. The Morgan fingerprint density at radius 1 is 1.53 bits per heavy atom. The number of ether oxygens (including phenoxy) is 1. The Bertz CT molecular complexity index is 449. The average Bonchev–Trinajstić information content (AvgIpc) is 2.26. The molecule has 0 saturated carbocycles. The van der Waals surface area contributed by atoms with Crippen molar-refractivity contribution in [3.05, 3.63) is 28.3 Å². The minimum atomic E-state index is -3.77. The quantitative estimate of drug-likeness (QED) is 0.674. The van der Waals surface area contributed by atoms with Crippen molar-refractivity contribution >= 4 is 23.3 Å². The Hall–Kier alpha value is -1.36. The molecule has 2 N–H and O–H groups in total. The first-order chi connectivity index (χ1) is 7.82. The Morgan fingerprint density at radius 2 is 2.12 bits per heavy atom. The molecule has 0 aromatic heterocycles. The molecule has 3 nitrogen and oxygen atoms in total. The molecule has 0 aliphatic heterocycles. The monoisotopic (exact) mass is 263 g/mol. The number of anilines is 1. The van der Waals surface area contributed by atoms with E-state index in [9.17, 15) is 13.6 Å². The second-order valence-corrected chi connectivity index (χ2v) is 3.84. The van der Waals surface area contributed by atoms with Gasteiger partial charge in [-0.2, -0.15) is 8.78 Å². The first kappa shape index (κ1) is 13.7. The fraction of sp³-hybridized carbons (Fsp3) is 0.364. The molecule has 0 radical (unpaired) electrons. The molecule has 1 rings (SSSR count). The molecule has 17 heavy (non-hydrogen) atoms. The van der Waals surface area contributed by atoms with E-state index in [1.807, 2.05) is 0 Å². The SMILES string of the molecule is CCOC(=O)C(F)(F)c1ccc(Cl)c(C)c1N. The molecule has 0 atom stereocenters. The summed E-state index contributed by atoms with van der Waals surface area (Å²) in [7, 11) is 0. The first-order valence-electron chi connectivity index (χ1n) is 4.92. The van der Waals surface area contributed by atoms with Crippen molar-refractivity contribution in [2.75, 3.05) is 12.3 Å². The number of nitrogen functional groups attached to an aromatic ring is 1. The fourth-order valence-corrected chi connectivity index (χ4v) is 1.47. The number of hydrogen-bond donors (Lipinski definition) is 1. The van der Waals surface area contributed by atoms with Gasteiger partial charge >= 0.3 is 11.9 Å². The van der Waals surface area contributed by atoms with E-state index in [1.54, 1.807) is 0 Å². The molecular weight excluding hydrogens is 252 g/mol. The summed E-state index contributed by atoms with van der Waals surface area (Å²) < 4.78 is 31.7. The third-order valence-corrected chi connectivity index (χ3v) is 2.73. The van der Waals surface area contributed by atoms with Crippen molar-refractivity contribution < 1.29 is 18.3 Å². The van der Waals surface area contributed by atoms with E-state index in [2.05, 4.69) is 4.74 Å². The fourth-order valence-electron chi connectivity index (χ4n) is 1.31. The number of carbonyl (C=O) groups excluding carboxylic acids is 1.